The Kier molecular flexibility index (Phi) is 5.55. The van der Waals surface area contributed by atoms with Crippen LogP contribution in [0.1, 0.15) is 48.5 Å². The maximum atomic E-state index is 11.9. The first kappa shape index (κ1) is 16.5. The van der Waals surface area contributed by atoms with Gasteiger partial charge in [-0.1, -0.05) is 6.42 Å². The molecule has 22 heavy (non-hydrogen) atoms. The average Bonchev–Trinajstić information content (AvgIpc) is 2.45. The van der Waals surface area contributed by atoms with Crippen molar-refractivity contribution in [3.8, 4) is 0 Å². The smallest absolute Gasteiger partial charge is 0.319 e. The van der Waals surface area contributed by atoms with Crippen LogP contribution in [0.4, 0.5) is 10.5 Å². The highest BCUT2D eigenvalue weighted by Gasteiger charge is 2.20. The van der Waals surface area contributed by atoms with Crippen molar-refractivity contribution >= 4 is 17.5 Å². The number of hydrogen-bond acceptors (Lipinski definition) is 3. The molecular formula is C17H24N2O3. The predicted molar refractivity (Wildman–Crippen MR) is 86.2 cm³/mol. The Morgan fingerprint density at radius 2 is 2.09 bits per heavy atom. The summed E-state index contributed by atoms with van der Waals surface area (Å²) in [6.07, 6.45) is 3.45. The SMILES string of the molecule is CC(=O)c1ccc(NC(=O)NCC2CCCC(O)C2)cc1C. The molecule has 120 valence electrons. The molecule has 5 nitrogen and oxygen atoms in total. The van der Waals surface area contributed by atoms with Gasteiger partial charge in [-0.05, 0) is 62.8 Å². The third-order valence-electron chi connectivity index (χ3n) is 4.17. The number of anilines is 1. The van der Waals surface area contributed by atoms with Crippen molar-refractivity contribution in [1.82, 2.24) is 5.32 Å². The molecule has 1 aliphatic rings. The van der Waals surface area contributed by atoms with Crippen molar-refractivity contribution in [2.75, 3.05) is 11.9 Å². The largest absolute Gasteiger partial charge is 0.393 e. The number of Topliss-reactive ketones (excluding diaryl/α,β-unsaturated/α-hetero) is 1. The molecule has 0 radical (unpaired) electrons. The Morgan fingerprint density at radius 1 is 1.32 bits per heavy atom. The van der Waals surface area contributed by atoms with E-state index in [1.54, 1.807) is 18.2 Å². The van der Waals surface area contributed by atoms with E-state index in [9.17, 15) is 14.7 Å². The molecule has 2 rings (SSSR count). The van der Waals surface area contributed by atoms with E-state index in [0.29, 0.717) is 23.7 Å². The summed E-state index contributed by atoms with van der Waals surface area (Å²) in [5.74, 6) is 0.362. The molecule has 2 atom stereocenters. The molecule has 0 aliphatic heterocycles. The van der Waals surface area contributed by atoms with Crippen LogP contribution in [0.15, 0.2) is 18.2 Å². The minimum atomic E-state index is -0.255. The first-order valence-corrected chi connectivity index (χ1v) is 7.80. The van der Waals surface area contributed by atoms with Crippen LogP contribution in [0.2, 0.25) is 0 Å². The number of nitrogens with one attached hydrogen (secondary N) is 2. The van der Waals surface area contributed by atoms with Gasteiger partial charge in [0, 0.05) is 17.8 Å². The molecule has 2 amide bonds. The monoisotopic (exact) mass is 304 g/mol. The van der Waals surface area contributed by atoms with E-state index < -0.39 is 0 Å². The normalized spacial score (nSPS) is 21.2. The quantitative estimate of drug-likeness (QED) is 0.748. The van der Waals surface area contributed by atoms with Crippen LogP contribution in [-0.4, -0.2) is 29.6 Å². The second kappa shape index (κ2) is 7.40. The fourth-order valence-corrected chi connectivity index (χ4v) is 3.00. The van der Waals surface area contributed by atoms with E-state index in [1.165, 1.54) is 6.92 Å². The highest BCUT2D eigenvalue weighted by atomic mass is 16.3. The molecule has 1 aromatic rings. The maximum absolute atomic E-state index is 11.9. The number of urea groups is 1. The number of aliphatic hydroxyl groups excluding tert-OH is 1. The summed E-state index contributed by atoms with van der Waals surface area (Å²) in [5, 5.41) is 15.3. The lowest BCUT2D eigenvalue weighted by Gasteiger charge is -2.25. The minimum Gasteiger partial charge on any atom is -0.393 e. The van der Waals surface area contributed by atoms with Crippen LogP contribution in [-0.2, 0) is 0 Å². The van der Waals surface area contributed by atoms with Gasteiger partial charge in [0.2, 0.25) is 0 Å². The molecule has 0 saturated heterocycles. The van der Waals surface area contributed by atoms with Gasteiger partial charge in [0.25, 0.3) is 0 Å². The molecule has 0 aromatic heterocycles. The van der Waals surface area contributed by atoms with E-state index in [4.69, 9.17) is 0 Å². The second-order valence-electron chi connectivity index (χ2n) is 6.11. The summed E-state index contributed by atoms with van der Waals surface area (Å²) in [6.45, 7) is 3.96. The number of rotatable bonds is 4. The third-order valence-corrected chi connectivity index (χ3v) is 4.17. The summed E-state index contributed by atoms with van der Waals surface area (Å²) in [4.78, 5) is 23.3. The van der Waals surface area contributed by atoms with E-state index >= 15 is 0 Å². The number of aryl methyl sites for hydroxylation is 1. The summed E-state index contributed by atoms with van der Waals surface area (Å²) in [6, 6.07) is 4.99. The van der Waals surface area contributed by atoms with Crippen LogP contribution in [0.3, 0.4) is 0 Å². The summed E-state index contributed by atoms with van der Waals surface area (Å²) < 4.78 is 0. The number of carbonyl (C=O) groups excluding carboxylic acids is 2. The van der Waals surface area contributed by atoms with Crippen LogP contribution in [0.25, 0.3) is 0 Å². The lowest BCUT2D eigenvalue weighted by molar-refractivity contribution is 0.101. The number of amides is 2. The molecule has 2 unspecified atom stereocenters. The van der Waals surface area contributed by atoms with Gasteiger partial charge in [0.15, 0.2) is 5.78 Å². The Hall–Kier alpha value is -1.88. The van der Waals surface area contributed by atoms with Crippen molar-refractivity contribution < 1.29 is 14.7 Å². The van der Waals surface area contributed by atoms with Crippen molar-refractivity contribution in [3.05, 3.63) is 29.3 Å². The second-order valence-corrected chi connectivity index (χ2v) is 6.11. The van der Waals surface area contributed by atoms with Crippen LogP contribution in [0.5, 0.6) is 0 Å². The maximum Gasteiger partial charge on any atom is 0.319 e. The minimum absolute atomic E-state index is 0.0179. The van der Waals surface area contributed by atoms with Crippen LogP contribution in [0, 0.1) is 12.8 Å². The molecule has 0 spiro atoms. The van der Waals surface area contributed by atoms with Gasteiger partial charge < -0.3 is 15.7 Å². The zero-order valence-corrected chi connectivity index (χ0v) is 13.2. The summed E-state index contributed by atoms with van der Waals surface area (Å²) in [5.41, 5.74) is 2.19. The van der Waals surface area contributed by atoms with Crippen LogP contribution < -0.4 is 10.6 Å². The van der Waals surface area contributed by atoms with Crippen molar-refractivity contribution in [1.29, 1.82) is 0 Å². The van der Waals surface area contributed by atoms with Crippen molar-refractivity contribution in [3.63, 3.8) is 0 Å². The predicted octanol–water partition coefficient (Wildman–Crippen LogP) is 2.87. The Balaban J connectivity index is 1.84. The van der Waals surface area contributed by atoms with E-state index in [0.717, 1.165) is 31.2 Å². The summed E-state index contributed by atoms with van der Waals surface area (Å²) in [7, 11) is 0. The Labute approximate surface area is 131 Å². The van der Waals surface area contributed by atoms with Crippen molar-refractivity contribution in [2.24, 2.45) is 5.92 Å². The lowest BCUT2D eigenvalue weighted by atomic mass is 9.87. The number of hydrogen-bond donors (Lipinski definition) is 3. The first-order chi connectivity index (χ1) is 10.5. The highest BCUT2D eigenvalue weighted by molar-refractivity contribution is 5.96. The van der Waals surface area contributed by atoms with Crippen molar-refractivity contribution in [2.45, 2.75) is 45.6 Å². The molecule has 0 bridgehead atoms. The molecule has 1 aromatic carbocycles. The van der Waals surface area contributed by atoms with Gasteiger partial charge in [-0.15, -0.1) is 0 Å². The molecule has 1 aliphatic carbocycles. The average molecular weight is 304 g/mol. The molecule has 3 N–H and O–H groups in total. The standard InChI is InChI=1S/C17H24N2O3/c1-11-8-14(6-7-16(11)12(2)20)19-17(22)18-10-13-4-3-5-15(21)9-13/h6-8,13,15,21H,3-5,9-10H2,1-2H3,(H2,18,19,22). The number of benzene rings is 1. The van der Waals surface area contributed by atoms with Gasteiger partial charge >= 0.3 is 6.03 Å². The molecular weight excluding hydrogens is 280 g/mol. The van der Waals surface area contributed by atoms with E-state index in [-0.39, 0.29) is 17.9 Å². The van der Waals surface area contributed by atoms with Crippen LogP contribution >= 0.6 is 0 Å². The fraction of sp³-hybridized carbons (Fsp3) is 0.529. The summed E-state index contributed by atoms with van der Waals surface area (Å²) >= 11 is 0. The number of ketones is 1. The molecule has 1 fully saturated rings. The number of aliphatic hydroxyl groups is 1. The van der Waals surface area contributed by atoms with E-state index in [2.05, 4.69) is 10.6 Å². The van der Waals surface area contributed by atoms with E-state index in [1.807, 2.05) is 6.92 Å². The highest BCUT2D eigenvalue weighted by Crippen LogP contribution is 2.23. The van der Waals surface area contributed by atoms with Gasteiger partial charge in [-0.3, -0.25) is 4.79 Å². The van der Waals surface area contributed by atoms with Gasteiger partial charge in [0.1, 0.15) is 0 Å². The van der Waals surface area contributed by atoms with Gasteiger partial charge in [-0.25, -0.2) is 4.79 Å². The van der Waals surface area contributed by atoms with Gasteiger partial charge in [-0.2, -0.15) is 0 Å². The Bertz CT molecular complexity index is 557. The molecule has 1 saturated carbocycles. The zero-order chi connectivity index (χ0) is 16.1. The number of carbonyl (C=O) groups is 2. The topological polar surface area (TPSA) is 78.4 Å². The van der Waals surface area contributed by atoms with Gasteiger partial charge in [0.05, 0.1) is 6.10 Å². The Morgan fingerprint density at radius 3 is 2.73 bits per heavy atom. The zero-order valence-electron chi connectivity index (χ0n) is 13.2. The molecule has 0 heterocycles. The lowest BCUT2D eigenvalue weighted by Crippen LogP contribution is -2.35. The third kappa shape index (κ3) is 4.56. The molecule has 5 heteroatoms. The fourth-order valence-electron chi connectivity index (χ4n) is 3.00. The first-order valence-electron chi connectivity index (χ1n) is 7.80.